The van der Waals surface area contributed by atoms with Gasteiger partial charge in [0.15, 0.2) is 0 Å². The average Bonchev–Trinajstić information content (AvgIpc) is 2.91. The molecule has 4 rings (SSSR count). The van der Waals surface area contributed by atoms with Gasteiger partial charge in [-0.25, -0.2) is 0 Å². The highest BCUT2D eigenvalue weighted by Gasteiger charge is 2.37. The van der Waals surface area contributed by atoms with Gasteiger partial charge in [0.1, 0.15) is 12.4 Å². The second-order valence-electron chi connectivity index (χ2n) is 8.80. The van der Waals surface area contributed by atoms with Gasteiger partial charge in [-0.3, -0.25) is 9.59 Å². The Bertz CT molecular complexity index is 1120. The third-order valence-electron chi connectivity index (χ3n) is 5.77. The summed E-state index contributed by atoms with van der Waals surface area (Å²) in [4.78, 5) is 28.1. The van der Waals surface area contributed by atoms with E-state index in [2.05, 4.69) is 11.9 Å². The van der Waals surface area contributed by atoms with Gasteiger partial charge >= 0.3 is 0 Å². The molecular weight excluding hydrogens is 412 g/mol. The number of nitrogens with zero attached hydrogens (tertiary/aromatic N) is 1. The molecule has 0 radical (unpaired) electrons. The highest BCUT2D eigenvalue weighted by Crippen LogP contribution is 2.38. The Hall–Kier alpha value is -3.86. The minimum absolute atomic E-state index is 0.0221. The quantitative estimate of drug-likeness (QED) is 0.523. The molecule has 0 aromatic heterocycles. The van der Waals surface area contributed by atoms with Crippen LogP contribution in [0.25, 0.3) is 0 Å². The first-order valence-corrected chi connectivity index (χ1v) is 11.0. The first-order valence-electron chi connectivity index (χ1n) is 11.0. The summed E-state index contributed by atoms with van der Waals surface area (Å²) in [6, 6.07) is 24.8. The van der Waals surface area contributed by atoms with Crippen molar-refractivity contribution in [2.75, 3.05) is 23.4 Å². The second-order valence-corrected chi connectivity index (χ2v) is 8.80. The molecule has 0 aliphatic carbocycles. The van der Waals surface area contributed by atoms with Crippen LogP contribution in [-0.4, -0.2) is 25.0 Å². The fraction of sp³-hybridized carbons (Fsp3) is 0.214. The monoisotopic (exact) mass is 440 g/mol. The third-order valence-corrected chi connectivity index (χ3v) is 5.77. The molecule has 1 aliphatic rings. The number of nitrogens with one attached hydrogen (secondary N) is 1. The van der Waals surface area contributed by atoms with Crippen LogP contribution in [0.5, 0.6) is 5.75 Å². The predicted octanol–water partition coefficient (Wildman–Crippen LogP) is 5.39. The molecule has 0 saturated carbocycles. The standard InChI is InChI=1S/C28H28N2O3/c1-4-17-30-23-16-15-22(18-24(23)33-19-28(2,3)27(30)32)29-26(31)25(20-11-7-5-8-12-20)21-13-9-6-10-14-21/h4-16,18,25H,1,17,19H2,2-3H3,(H,29,31). The molecule has 168 valence electrons. The van der Waals surface area contributed by atoms with Crippen LogP contribution >= 0.6 is 0 Å². The van der Waals surface area contributed by atoms with Crippen molar-refractivity contribution in [2.24, 2.45) is 5.41 Å². The van der Waals surface area contributed by atoms with Crippen LogP contribution in [0, 0.1) is 5.41 Å². The number of anilines is 2. The smallest absolute Gasteiger partial charge is 0.236 e. The highest BCUT2D eigenvalue weighted by atomic mass is 16.5. The lowest BCUT2D eigenvalue weighted by molar-refractivity contribution is -0.127. The molecule has 1 aliphatic heterocycles. The number of rotatable bonds is 6. The molecule has 5 nitrogen and oxygen atoms in total. The fourth-order valence-electron chi connectivity index (χ4n) is 4.04. The summed E-state index contributed by atoms with van der Waals surface area (Å²) in [5.74, 6) is -0.0547. The van der Waals surface area contributed by atoms with Gasteiger partial charge in [-0.15, -0.1) is 6.58 Å². The number of benzene rings is 3. The molecular formula is C28H28N2O3. The van der Waals surface area contributed by atoms with Crippen molar-refractivity contribution in [2.45, 2.75) is 19.8 Å². The number of ether oxygens (including phenoxy) is 1. The van der Waals surface area contributed by atoms with E-state index in [-0.39, 0.29) is 18.4 Å². The van der Waals surface area contributed by atoms with E-state index < -0.39 is 11.3 Å². The predicted molar refractivity (Wildman–Crippen MR) is 132 cm³/mol. The number of hydrogen-bond donors (Lipinski definition) is 1. The van der Waals surface area contributed by atoms with E-state index in [1.54, 1.807) is 23.1 Å². The van der Waals surface area contributed by atoms with E-state index in [1.807, 2.05) is 80.6 Å². The maximum Gasteiger partial charge on any atom is 0.236 e. The van der Waals surface area contributed by atoms with Crippen molar-refractivity contribution in [1.82, 2.24) is 0 Å². The average molecular weight is 441 g/mol. The summed E-state index contributed by atoms with van der Waals surface area (Å²) in [5.41, 5.74) is 2.44. The number of hydrogen-bond acceptors (Lipinski definition) is 3. The summed E-state index contributed by atoms with van der Waals surface area (Å²) < 4.78 is 6.01. The molecule has 0 spiro atoms. The number of amides is 2. The summed E-state index contributed by atoms with van der Waals surface area (Å²) in [5, 5.41) is 3.05. The van der Waals surface area contributed by atoms with Crippen LogP contribution in [0.4, 0.5) is 11.4 Å². The molecule has 0 saturated heterocycles. The van der Waals surface area contributed by atoms with Crippen LogP contribution < -0.4 is 15.0 Å². The first kappa shape index (κ1) is 22.3. The van der Waals surface area contributed by atoms with Crippen LogP contribution in [0.2, 0.25) is 0 Å². The van der Waals surface area contributed by atoms with Gasteiger partial charge in [-0.2, -0.15) is 0 Å². The number of carbonyl (C=O) groups excluding carboxylic acids is 2. The minimum Gasteiger partial charge on any atom is -0.490 e. The fourth-order valence-corrected chi connectivity index (χ4v) is 4.04. The van der Waals surface area contributed by atoms with Crippen LogP contribution in [0.1, 0.15) is 30.9 Å². The molecule has 5 heteroatoms. The number of carbonyl (C=O) groups is 2. The van der Waals surface area contributed by atoms with Crippen LogP contribution in [0.3, 0.4) is 0 Å². The third kappa shape index (κ3) is 4.67. The summed E-state index contributed by atoms with van der Waals surface area (Å²) in [6.07, 6.45) is 1.70. The molecule has 0 atom stereocenters. The molecule has 3 aromatic rings. The second kappa shape index (κ2) is 9.33. The first-order chi connectivity index (χ1) is 15.9. The summed E-state index contributed by atoms with van der Waals surface area (Å²) in [7, 11) is 0. The lowest BCUT2D eigenvalue weighted by atomic mass is 9.90. The molecule has 1 N–H and O–H groups in total. The Kier molecular flexibility index (Phi) is 6.31. The molecule has 0 bridgehead atoms. The minimum atomic E-state index is -0.669. The number of fused-ring (bicyclic) bond motifs is 1. The molecule has 0 fully saturated rings. The van der Waals surface area contributed by atoms with Gasteiger partial charge in [0.05, 0.1) is 17.0 Å². The normalized spacial score (nSPS) is 14.8. The highest BCUT2D eigenvalue weighted by molar-refractivity contribution is 6.01. The van der Waals surface area contributed by atoms with Gasteiger partial charge in [0.2, 0.25) is 11.8 Å². The molecule has 0 unspecified atom stereocenters. The molecule has 3 aromatic carbocycles. The van der Waals surface area contributed by atoms with Crippen LogP contribution in [-0.2, 0) is 9.59 Å². The van der Waals surface area contributed by atoms with Crippen molar-refractivity contribution in [1.29, 1.82) is 0 Å². The van der Waals surface area contributed by atoms with E-state index in [0.717, 1.165) is 11.1 Å². The maximum atomic E-state index is 13.4. The lowest BCUT2D eigenvalue weighted by Gasteiger charge is -2.27. The van der Waals surface area contributed by atoms with E-state index in [4.69, 9.17) is 4.74 Å². The van der Waals surface area contributed by atoms with Gasteiger partial charge in [-0.05, 0) is 37.1 Å². The Morgan fingerprint density at radius 3 is 2.24 bits per heavy atom. The zero-order chi connectivity index (χ0) is 23.4. The van der Waals surface area contributed by atoms with Gasteiger partial charge < -0.3 is 15.0 Å². The largest absolute Gasteiger partial charge is 0.490 e. The van der Waals surface area contributed by atoms with E-state index in [9.17, 15) is 9.59 Å². The molecule has 2 amide bonds. The SMILES string of the molecule is C=CCN1C(=O)C(C)(C)COc2cc(NC(=O)C(c3ccccc3)c3ccccc3)ccc21. The van der Waals surface area contributed by atoms with Crippen molar-refractivity contribution in [3.8, 4) is 5.75 Å². The van der Waals surface area contributed by atoms with Crippen molar-refractivity contribution < 1.29 is 14.3 Å². The Morgan fingerprint density at radius 2 is 1.67 bits per heavy atom. The summed E-state index contributed by atoms with van der Waals surface area (Å²) in [6.45, 7) is 8.15. The topological polar surface area (TPSA) is 58.6 Å². The van der Waals surface area contributed by atoms with Gasteiger partial charge in [-0.1, -0.05) is 66.7 Å². The van der Waals surface area contributed by atoms with E-state index in [0.29, 0.717) is 23.7 Å². The zero-order valence-electron chi connectivity index (χ0n) is 19.0. The van der Waals surface area contributed by atoms with E-state index in [1.165, 1.54) is 0 Å². The zero-order valence-corrected chi connectivity index (χ0v) is 19.0. The Morgan fingerprint density at radius 1 is 1.06 bits per heavy atom. The Labute approximate surface area is 194 Å². The lowest BCUT2D eigenvalue weighted by Crippen LogP contribution is -2.42. The Balaban J connectivity index is 1.65. The van der Waals surface area contributed by atoms with E-state index >= 15 is 0 Å². The maximum absolute atomic E-state index is 13.4. The molecule has 33 heavy (non-hydrogen) atoms. The molecule has 1 heterocycles. The van der Waals surface area contributed by atoms with Gasteiger partial charge in [0.25, 0.3) is 0 Å². The summed E-state index contributed by atoms with van der Waals surface area (Å²) >= 11 is 0. The van der Waals surface area contributed by atoms with Gasteiger partial charge in [0, 0.05) is 18.3 Å². The van der Waals surface area contributed by atoms with Crippen molar-refractivity contribution >= 4 is 23.2 Å². The van der Waals surface area contributed by atoms with Crippen molar-refractivity contribution in [3.05, 3.63) is 103 Å². The van der Waals surface area contributed by atoms with Crippen LogP contribution in [0.15, 0.2) is 91.5 Å². The van der Waals surface area contributed by atoms with Crippen molar-refractivity contribution in [3.63, 3.8) is 0 Å².